The van der Waals surface area contributed by atoms with E-state index in [0.29, 0.717) is 22.8 Å². The summed E-state index contributed by atoms with van der Waals surface area (Å²) >= 11 is 6.06. The van der Waals surface area contributed by atoms with E-state index in [1.54, 1.807) is 6.20 Å². The highest BCUT2D eigenvalue weighted by atomic mass is 35.5. The number of aromatic nitrogens is 2. The van der Waals surface area contributed by atoms with Crippen LogP contribution < -0.4 is 11.1 Å². The van der Waals surface area contributed by atoms with Gasteiger partial charge in [-0.3, -0.25) is 0 Å². The number of hydrogen-bond acceptors (Lipinski definition) is 4. The molecule has 1 aromatic rings. The fourth-order valence-corrected chi connectivity index (χ4v) is 2.69. The van der Waals surface area contributed by atoms with E-state index in [1.165, 1.54) is 32.1 Å². The minimum atomic E-state index is 0.265. The van der Waals surface area contributed by atoms with Gasteiger partial charge in [-0.25, -0.2) is 4.98 Å². The number of hydrogen-bond donors (Lipinski definition) is 2. The second-order valence-electron chi connectivity index (χ2n) is 4.63. The molecule has 2 atom stereocenters. The molecule has 1 heterocycles. The molecule has 1 fully saturated rings. The lowest BCUT2D eigenvalue weighted by atomic mass is 9.83. The summed E-state index contributed by atoms with van der Waals surface area (Å²) in [5.74, 6) is 1.64. The zero-order valence-corrected chi connectivity index (χ0v) is 10.9. The van der Waals surface area contributed by atoms with Crippen LogP contribution in [0, 0.1) is 5.92 Å². The van der Waals surface area contributed by atoms with E-state index >= 15 is 0 Å². The SMILES string of the molecule is CCC1CCCCC1Nc1nc(N)ncc1Cl. The molecule has 5 heteroatoms. The molecule has 1 aliphatic carbocycles. The van der Waals surface area contributed by atoms with Crippen LogP contribution in [0.25, 0.3) is 0 Å². The maximum Gasteiger partial charge on any atom is 0.222 e. The van der Waals surface area contributed by atoms with Crippen LogP contribution >= 0.6 is 11.6 Å². The van der Waals surface area contributed by atoms with Gasteiger partial charge in [0.05, 0.1) is 6.20 Å². The Kier molecular flexibility index (Phi) is 4.05. The first-order chi connectivity index (χ1) is 8.20. The van der Waals surface area contributed by atoms with E-state index in [9.17, 15) is 0 Å². The number of halogens is 1. The lowest BCUT2D eigenvalue weighted by Crippen LogP contribution is -2.32. The van der Waals surface area contributed by atoms with Crippen LogP contribution in [0.2, 0.25) is 5.02 Å². The fourth-order valence-electron chi connectivity index (χ4n) is 2.54. The van der Waals surface area contributed by atoms with E-state index in [4.69, 9.17) is 17.3 Å². The van der Waals surface area contributed by atoms with Gasteiger partial charge in [-0.05, 0) is 18.8 Å². The summed E-state index contributed by atoms with van der Waals surface area (Å²) in [6.45, 7) is 2.24. The van der Waals surface area contributed by atoms with Crippen molar-refractivity contribution in [1.29, 1.82) is 0 Å². The fraction of sp³-hybridized carbons (Fsp3) is 0.667. The highest BCUT2D eigenvalue weighted by Crippen LogP contribution is 2.30. The van der Waals surface area contributed by atoms with Crippen LogP contribution in [-0.4, -0.2) is 16.0 Å². The molecule has 1 saturated carbocycles. The summed E-state index contributed by atoms with van der Waals surface area (Å²) in [6.07, 6.45) is 7.81. The first-order valence-corrected chi connectivity index (χ1v) is 6.63. The number of nitrogens with zero attached hydrogens (tertiary/aromatic N) is 2. The van der Waals surface area contributed by atoms with E-state index in [2.05, 4.69) is 22.2 Å². The third-order valence-corrected chi connectivity index (χ3v) is 3.79. The topological polar surface area (TPSA) is 63.8 Å². The quantitative estimate of drug-likeness (QED) is 0.870. The maximum atomic E-state index is 6.06. The third-order valence-electron chi connectivity index (χ3n) is 3.52. The molecule has 2 unspecified atom stereocenters. The lowest BCUT2D eigenvalue weighted by molar-refractivity contribution is 0.317. The number of nitrogen functional groups attached to an aromatic ring is 1. The molecular weight excluding hydrogens is 236 g/mol. The third kappa shape index (κ3) is 3.00. The zero-order chi connectivity index (χ0) is 12.3. The van der Waals surface area contributed by atoms with Crippen molar-refractivity contribution in [3.05, 3.63) is 11.2 Å². The summed E-state index contributed by atoms with van der Waals surface area (Å²) in [4.78, 5) is 8.03. The van der Waals surface area contributed by atoms with Crippen LogP contribution in [0.3, 0.4) is 0 Å². The molecule has 3 N–H and O–H groups in total. The van der Waals surface area contributed by atoms with Gasteiger partial charge in [-0.1, -0.05) is 37.8 Å². The van der Waals surface area contributed by atoms with Crippen molar-refractivity contribution in [2.75, 3.05) is 11.1 Å². The van der Waals surface area contributed by atoms with Crippen molar-refractivity contribution < 1.29 is 0 Å². The van der Waals surface area contributed by atoms with Crippen molar-refractivity contribution in [3.63, 3.8) is 0 Å². The van der Waals surface area contributed by atoms with E-state index in [1.807, 2.05) is 0 Å². The Morgan fingerprint density at radius 3 is 3.00 bits per heavy atom. The molecule has 17 heavy (non-hydrogen) atoms. The van der Waals surface area contributed by atoms with Gasteiger partial charge in [0, 0.05) is 6.04 Å². The molecule has 0 saturated heterocycles. The Balaban J connectivity index is 2.10. The first kappa shape index (κ1) is 12.4. The summed E-state index contributed by atoms with van der Waals surface area (Å²) in [6, 6.07) is 0.459. The summed E-state index contributed by atoms with van der Waals surface area (Å²) in [5, 5.41) is 3.97. The monoisotopic (exact) mass is 254 g/mol. The average molecular weight is 255 g/mol. The molecule has 0 radical (unpaired) electrons. The second-order valence-corrected chi connectivity index (χ2v) is 5.04. The molecule has 0 aromatic carbocycles. The molecule has 4 nitrogen and oxygen atoms in total. The largest absolute Gasteiger partial charge is 0.368 e. The Hall–Kier alpha value is -1.03. The minimum Gasteiger partial charge on any atom is -0.368 e. The molecule has 2 rings (SSSR count). The Morgan fingerprint density at radius 2 is 2.24 bits per heavy atom. The van der Waals surface area contributed by atoms with Gasteiger partial charge in [-0.2, -0.15) is 4.98 Å². The van der Waals surface area contributed by atoms with Crippen LogP contribution in [0.4, 0.5) is 11.8 Å². The van der Waals surface area contributed by atoms with Crippen molar-refractivity contribution in [3.8, 4) is 0 Å². The van der Waals surface area contributed by atoms with Crippen LogP contribution in [-0.2, 0) is 0 Å². The van der Waals surface area contributed by atoms with E-state index < -0.39 is 0 Å². The van der Waals surface area contributed by atoms with Gasteiger partial charge in [-0.15, -0.1) is 0 Å². The zero-order valence-electron chi connectivity index (χ0n) is 10.1. The van der Waals surface area contributed by atoms with Crippen molar-refractivity contribution in [2.45, 2.75) is 45.1 Å². The Bertz CT molecular complexity index is 383. The molecule has 94 valence electrons. The predicted molar refractivity (Wildman–Crippen MR) is 71.1 cm³/mol. The second kappa shape index (κ2) is 5.54. The Morgan fingerprint density at radius 1 is 1.47 bits per heavy atom. The summed E-state index contributed by atoms with van der Waals surface area (Å²) in [5.41, 5.74) is 5.58. The van der Waals surface area contributed by atoms with Gasteiger partial charge in [0.2, 0.25) is 5.95 Å². The van der Waals surface area contributed by atoms with Crippen LogP contribution in [0.5, 0.6) is 0 Å². The van der Waals surface area contributed by atoms with E-state index in [0.717, 1.165) is 0 Å². The van der Waals surface area contributed by atoms with E-state index in [-0.39, 0.29) is 5.95 Å². The molecule has 0 amide bonds. The Labute approximate surface area is 107 Å². The highest BCUT2D eigenvalue weighted by molar-refractivity contribution is 6.32. The summed E-state index contributed by atoms with van der Waals surface area (Å²) < 4.78 is 0. The van der Waals surface area contributed by atoms with Gasteiger partial charge in [0.15, 0.2) is 5.82 Å². The molecule has 1 aliphatic rings. The number of nitrogens with one attached hydrogen (secondary N) is 1. The van der Waals surface area contributed by atoms with Gasteiger partial charge in [0.25, 0.3) is 0 Å². The predicted octanol–water partition coefficient (Wildman–Crippen LogP) is 3.09. The molecule has 0 spiro atoms. The molecule has 0 aliphatic heterocycles. The smallest absolute Gasteiger partial charge is 0.222 e. The molecule has 0 bridgehead atoms. The van der Waals surface area contributed by atoms with Crippen LogP contribution in [0.15, 0.2) is 6.20 Å². The average Bonchev–Trinajstić information content (AvgIpc) is 2.34. The van der Waals surface area contributed by atoms with Crippen LogP contribution in [0.1, 0.15) is 39.0 Å². The molecule has 1 aromatic heterocycles. The highest BCUT2D eigenvalue weighted by Gasteiger charge is 2.24. The first-order valence-electron chi connectivity index (χ1n) is 6.25. The normalized spacial score (nSPS) is 24.6. The number of anilines is 2. The van der Waals surface area contributed by atoms with Crippen molar-refractivity contribution >= 4 is 23.4 Å². The summed E-state index contributed by atoms with van der Waals surface area (Å²) in [7, 11) is 0. The standard InChI is InChI=1S/C12H19ClN4/c1-2-8-5-3-4-6-10(8)16-11-9(13)7-15-12(14)17-11/h7-8,10H,2-6H2,1H3,(H3,14,15,16,17). The van der Waals surface area contributed by atoms with Gasteiger partial charge >= 0.3 is 0 Å². The lowest BCUT2D eigenvalue weighted by Gasteiger charge is -2.32. The van der Waals surface area contributed by atoms with Gasteiger partial charge in [0.1, 0.15) is 5.02 Å². The van der Waals surface area contributed by atoms with Crippen molar-refractivity contribution in [1.82, 2.24) is 9.97 Å². The number of rotatable bonds is 3. The molecular formula is C12H19ClN4. The number of nitrogens with two attached hydrogens (primary N) is 1. The van der Waals surface area contributed by atoms with Crippen molar-refractivity contribution in [2.24, 2.45) is 5.92 Å². The van der Waals surface area contributed by atoms with Gasteiger partial charge < -0.3 is 11.1 Å². The maximum absolute atomic E-state index is 6.06. The minimum absolute atomic E-state index is 0.265.